The van der Waals surface area contributed by atoms with Crippen molar-refractivity contribution >= 4 is 11.8 Å². The van der Waals surface area contributed by atoms with Crippen molar-refractivity contribution in [1.29, 1.82) is 0 Å². The molecule has 1 unspecified atom stereocenters. The number of hydrogen-bond acceptors (Lipinski definition) is 4. The van der Waals surface area contributed by atoms with Gasteiger partial charge in [0, 0.05) is 6.20 Å². The molecular formula is C7H11N5O2. The van der Waals surface area contributed by atoms with Gasteiger partial charge in [0.05, 0.1) is 6.54 Å². The average molecular weight is 197 g/mol. The predicted octanol–water partition coefficient (Wildman–Crippen LogP) is -2.21. The molecule has 0 fully saturated rings. The second-order valence-corrected chi connectivity index (χ2v) is 2.80. The number of hydrogen-bond donors (Lipinski definition) is 3. The van der Waals surface area contributed by atoms with Crippen molar-refractivity contribution in [3.8, 4) is 0 Å². The Labute approximate surface area is 79.8 Å². The van der Waals surface area contributed by atoms with Crippen LogP contribution in [0.2, 0.25) is 0 Å². The number of carbonyl (C=O) groups excluding carboxylic acids is 2. The molecule has 76 valence electrons. The summed E-state index contributed by atoms with van der Waals surface area (Å²) in [6, 6.07) is 0.617. The van der Waals surface area contributed by atoms with E-state index in [1.54, 1.807) is 0 Å². The van der Waals surface area contributed by atoms with Gasteiger partial charge in [0.2, 0.25) is 5.91 Å². The Morgan fingerprint density at radius 3 is 2.57 bits per heavy atom. The van der Waals surface area contributed by atoms with Gasteiger partial charge in [0.25, 0.3) is 5.91 Å². The molecule has 0 aromatic carbocycles. The molecule has 1 atom stereocenters. The van der Waals surface area contributed by atoms with Crippen molar-refractivity contribution < 1.29 is 9.59 Å². The van der Waals surface area contributed by atoms with E-state index in [0.717, 1.165) is 0 Å². The van der Waals surface area contributed by atoms with Gasteiger partial charge in [-0.2, -0.15) is 5.10 Å². The summed E-state index contributed by atoms with van der Waals surface area (Å²) in [5.74, 6) is -1.25. The highest BCUT2D eigenvalue weighted by Crippen LogP contribution is 1.95. The molecule has 0 aliphatic carbocycles. The Bertz CT molecular complexity index is 359. The molecule has 0 aliphatic rings. The van der Waals surface area contributed by atoms with Gasteiger partial charge in [-0.1, -0.05) is 0 Å². The van der Waals surface area contributed by atoms with E-state index in [-0.39, 0.29) is 12.2 Å². The molecule has 1 rings (SSSR count). The third-order valence-electron chi connectivity index (χ3n) is 1.64. The van der Waals surface area contributed by atoms with E-state index in [2.05, 4.69) is 5.10 Å². The van der Waals surface area contributed by atoms with Gasteiger partial charge in [0.15, 0.2) is 0 Å². The van der Waals surface area contributed by atoms with Crippen molar-refractivity contribution in [3.05, 3.63) is 18.0 Å². The maximum absolute atomic E-state index is 10.7. The van der Waals surface area contributed by atoms with Gasteiger partial charge in [-0.05, 0) is 6.07 Å². The van der Waals surface area contributed by atoms with Crippen LogP contribution in [0.5, 0.6) is 0 Å². The Morgan fingerprint density at radius 1 is 1.50 bits per heavy atom. The normalized spacial score (nSPS) is 12.4. The molecule has 0 radical (unpaired) electrons. The van der Waals surface area contributed by atoms with Crippen LogP contribution in [0.3, 0.4) is 0 Å². The van der Waals surface area contributed by atoms with Crippen LogP contribution in [0.4, 0.5) is 0 Å². The summed E-state index contributed by atoms with van der Waals surface area (Å²) >= 11 is 0. The first-order valence-electron chi connectivity index (χ1n) is 3.89. The molecular weight excluding hydrogens is 186 g/mol. The maximum atomic E-state index is 10.7. The van der Waals surface area contributed by atoms with Crippen LogP contribution in [-0.4, -0.2) is 27.6 Å². The van der Waals surface area contributed by atoms with E-state index in [9.17, 15) is 9.59 Å². The molecule has 2 amide bonds. The van der Waals surface area contributed by atoms with E-state index in [4.69, 9.17) is 17.2 Å². The van der Waals surface area contributed by atoms with E-state index < -0.39 is 17.9 Å². The summed E-state index contributed by atoms with van der Waals surface area (Å²) in [6.45, 7) is 0.128. The Balaban J connectivity index is 2.69. The quantitative estimate of drug-likeness (QED) is 0.505. The average Bonchev–Trinajstić information content (AvgIpc) is 2.52. The third-order valence-corrected chi connectivity index (χ3v) is 1.64. The van der Waals surface area contributed by atoms with Crippen LogP contribution in [0, 0.1) is 0 Å². The first kappa shape index (κ1) is 10.2. The number of primary amides is 2. The molecule has 1 aromatic heterocycles. The molecule has 0 saturated carbocycles. The molecule has 1 aromatic rings. The Hall–Kier alpha value is -1.89. The lowest BCUT2D eigenvalue weighted by atomic mass is 10.3. The summed E-state index contributed by atoms with van der Waals surface area (Å²) in [7, 11) is 0. The van der Waals surface area contributed by atoms with Crippen LogP contribution in [0.25, 0.3) is 0 Å². The summed E-state index contributed by atoms with van der Waals surface area (Å²) < 4.78 is 1.34. The van der Waals surface area contributed by atoms with Crippen molar-refractivity contribution in [2.75, 3.05) is 0 Å². The number of carbonyl (C=O) groups is 2. The van der Waals surface area contributed by atoms with Crippen LogP contribution in [0.1, 0.15) is 10.5 Å². The van der Waals surface area contributed by atoms with Crippen LogP contribution < -0.4 is 17.2 Å². The molecule has 0 aliphatic heterocycles. The minimum atomic E-state index is -0.823. The van der Waals surface area contributed by atoms with Gasteiger partial charge < -0.3 is 17.2 Å². The summed E-state index contributed by atoms with van der Waals surface area (Å²) in [5, 5.41) is 3.79. The zero-order valence-electron chi connectivity index (χ0n) is 7.38. The number of rotatable bonds is 4. The number of aromatic nitrogens is 2. The highest BCUT2D eigenvalue weighted by atomic mass is 16.1. The summed E-state index contributed by atoms with van der Waals surface area (Å²) in [5.41, 5.74) is 15.4. The van der Waals surface area contributed by atoms with E-state index >= 15 is 0 Å². The molecule has 7 heteroatoms. The van der Waals surface area contributed by atoms with Gasteiger partial charge in [-0.15, -0.1) is 0 Å². The molecule has 14 heavy (non-hydrogen) atoms. The SMILES string of the molecule is NC(=O)c1ccn(CC(N)C(N)=O)n1. The number of amides is 2. The fourth-order valence-electron chi connectivity index (χ4n) is 0.886. The maximum Gasteiger partial charge on any atom is 0.269 e. The fourth-order valence-corrected chi connectivity index (χ4v) is 0.886. The fraction of sp³-hybridized carbons (Fsp3) is 0.286. The third kappa shape index (κ3) is 2.30. The second-order valence-electron chi connectivity index (χ2n) is 2.80. The lowest BCUT2D eigenvalue weighted by molar-refractivity contribution is -0.119. The highest BCUT2D eigenvalue weighted by molar-refractivity contribution is 5.90. The van der Waals surface area contributed by atoms with Crippen LogP contribution in [0.15, 0.2) is 12.3 Å². The van der Waals surface area contributed by atoms with Crippen molar-refractivity contribution in [1.82, 2.24) is 9.78 Å². The molecule has 6 N–H and O–H groups in total. The lowest BCUT2D eigenvalue weighted by Gasteiger charge is -2.06. The Morgan fingerprint density at radius 2 is 2.14 bits per heavy atom. The zero-order valence-corrected chi connectivity index (χ0v) is 7.38. The van der Waals surface area contributed by atoms with Gasteiger partial charge in [-0.25, -0.2) is 0 Å². The number of nitrogens with zero attached hydrogens (tertiary/aromatic N) is 2. The molecule has 0 saturated heterocycles. The largest absolute Gasteiger partial charge is 0.368 e. The molecule has 0 bridgehead atoms. The smallest absolute Gasteiger partial charge is 0.269 e. The molecule has 7 nitrogen and oxygen atoms in total. The minimum absolute atomic E-state index is 0.127. The van der Waals surface area contributed by atoms with Crippen LogP contribution >= 0.6 is 0 Å². The monoisotopic (exact) mass is 197 g/mol. The molecule has 1 heterocycles. The first-order chi connectivity index (χ1) is 6.50. The van der Waals surface area contributed by atoms with E-state index in [1.165, 1.54) is 16.9 Å². The second kappa shape index (κ2) is 3.88. The first-order valence-corrected chi connectivity index (χ1v) is 3.89. The van der Waals surface area contributed by atoms with E-state index in [0.29, 0.717) is 0 Å². The predicted molar refractivity (Wildman–Crippen MR) is 47.9 cm³/mol. The molecule has 0 spiro atoms. The summed E-state index contributed by atoms with van der Waals surface area (Å²) in [6.07, 6.45) is 1.50. The van der Waals surface area contributed by atoms with Crippen molar-refractivity contribution in [2.24, 2.45) is 17.2 Å². The summed E-state index contributed by atoms with van der Waals surface area (Å²) in [4.78, 5) is 21.3. The highest BCUT2D eigenvalue weighted by Gasteiger charge is 2.11. The minimum Gasteiger partial charge on any atom is -0.368 e. The topological polar surface area (TPSA) is 130 Å². The van der Waals surface area contributed by atoms with Crippen LogP contribution in [-0.2, 0) is 11.3 Å². The van der Waals surface area contributed by atoms with Crippen molar-refractivity contribution in [3.63, 3.8) is 0 Å². The van der Waals surface area contributed by atoms with Crippen molar-refractivity contribution in [2.45, 2.75) is 12.6 Å². The van der Waals surface area contributed by atoms with E-state index in [1.807, 2.05) is 0 Å². The van der Waals surface area contributed by atoms with Gasteiger partial charge in [0.1, 0.15) is 11.7 Å². The van der Waals surface area contributed by atoms with Gasteiger partial charge >= 0.3 is 0 Å². The lowest BCUT2D eigenvalue weighted by Crippen LogP contribution is -2.40. The van der Waals surface area contributed by atoms with Gasteiger partial charge in [-0.3, -0.25) is 14.3 Å². The standard InChI is InChI=1S/C7H11N5O2/c8-4(6(9)13)3-12-2-1-5(11-12)7(10)14/h1-2,4H,3,8H2,(H2,9,13)(H2,10,14). The number of nitrogens with two attached hydrogens (primary N) is 3. The Kier molecular flexibility index (Phi) is 2.82. The zero-order chi connectivity index (χ0) is 10.7.